The predicted octanol–water partition coefficient (Wildman–Crippen LogP) is 3.11. The molecule has 0 saturated heterocycles. The van der Waals surface area contributed by atoms with Crippen LogP contribution in [0.3, 0.4) is 0 Å². The van der Waals surface area contributed by atoms with Gasteiger partial charge in [0.25, 0.3) is 0 Å². The molecule has 23 heavy (non-hydrogen) atoms. The molecule has 2 N–H and O–H groups in total. The van der Waals surface area contributed by atoms with E-state index in [0.717, 1.165) is 5.69 Å². The SMILES string of the molecule is CNCC(C)C(=O)Nc1ccc(OCc2ccccn2)c(Cl)c1. The van der Waals surface area contributed by atoms with Crippen molar-refractivity contribution >= 4 is 23.2 Å². The normalized spacial score (nSPS) is 11.8. The number of aromatic nitrogens is 1. The number of hydrogen-bond donors (Lipinski definition) is 2. The van der Waals surface area contributed by atoms with Crippen LogP contribution in [0.4, 0.5) is 5.69 Å². The van der Waals surface area contributed by atoms with Crippen molar-refractivity contribution < 1.29 is 9.53 Å². The average molecular weight is 334 g/mol. The molecule has 0 saturated carbocycles. The van der Waals surface area contributed by atoms with Gasteiger partial charge in [0, 0.05) is 24.3 Å². The molecule has 0 aliphatic heterocycles. The highest BCUT2D eigenvalue weighted by Gasteiger charge is 2.13. The van der Waals surface area contributed by atoms with E-state index in [1.165, 1.54) is 0 Å². The Morgan fingerprint density at radius 1 is 1.35 bits per heavy atom. The number of hydrogen-bond acceptors (Lipinski definition) is 4. The van der Waals surface area contributed by atoms with Crippen LogP contribution < -0.4 is 15.4 Å². The number of nitrogens with one attached hydrogen (secondary N) is 2. The summed E-state index contributed by atoms with van der Waals surface area (Å²) < 4.78 is 5.65. The number of anilines is 1. The summed E-state index contributed by atoms with van der Waals surface area (Å²) in [5, 5.41) is 6.26. The Labute approximate surface area is 141 Å². The molecule has 1 unspecified atom stereocenters. The van der Waals surface area contributed by atoms with Gasteiger partial charge in [0.1, 0.15) is 12.4 Å². The van der Waals surface area contributed by atoms with Gasteiger partial charge in [-0.15, -0.1) is 0 Å². The van der Waals surface area contributed by atoms with E-state index < -0.39 is 0 Å². The van der Waals surface area contributed by atoms with E-state index in [4.69, 9.17) is 16.3 Å². The van der Waals surface area contributed by atoms with Crippen LogP contribution in [0.25, 0.3) is 0 Å². The van der Waals surface area contributed by atoms with Crippen molar-refractivity contribution in [3.8, 4) is 5.75 Å². The summed E-state index contributed by atoms with van der Waals surface area (Å²) in [4.78, 5) is 16.2. The van der Waals surface area contributed by atoms with E-state index in [1.807, 2.05) is 32.2 Å². The summed E-state index contributed by atoms with van der Waals surface area (Å²) in [6, 6.07) is 10.8. The molecular formula is C17H20ClN3O2. The van der Waals surface area contributed by atoms with Gasteiger partial charge in [0.15, 0.2) is 0 Å². The monoisotopic (exact) mass is 333 g/mol. The van der Waals surface area contributed by atoms with Gasteiger partial charge in [-0.2, -0.15) is 0 Å². The summed E-state index contributed by atoms with van der Waals surface area (Å²) in [5.74, 6) is 0.370. The highest BCUT2D eigenvalue weighted by Crippen LogP contribution is 2.28. The molecule has 0 fully saturated rings. The Balaban J connectivity index is 1.96. The van der Waals surface area contributed by atoms with Crippen LogP contribution in [0.5, 0.6) is 5.75 Å². The molecule has 0 aliphatic carbocycles. The Hall–Kier alpha value is -2.11. The van der Waals surface area contributed by atoms with E-state index in [0.29, 0.717) is 29.6 Å². The van der Waals surface area contributed by atoms with Crippen molar-refractivity contribution in [1.29, 1.82) is 0 Å². The van der Waals surface area contributed by atoms with Crippen LogP contribution in [-0.2, 0) is 11.4 Å². The van der Waals surface area contributed by atoms with Gasteiger partial charge in [-0.25, -0.2) is 0 Å². The Kier molecular flexibility index (Phi) is 6.38. The molecule has 0 radical (unpaired) electrons. The van der Waals surface area contributed by atoms with E-state index >= 15 is 0 Å². The molecule has 1 heterocycles. The summed E-state index contributed by atoms with van der Waals surface area (Å²) in [7, 11) is 1.81. The first-order chi connectivity index (χ1) is 11.1. The molecule has 1 aromatic carbocycles. The van der Waals surface area contributed by atoms with Crippen LogP contribution in [0, 0.1) is 5.92 Å². The van der Waals surface area contributed by atoms with Crippen molar-refractivity contribution in [3.63, 3.8) is 0 Å². The number of carbonyl (C=O) groups excluding carboxylic acids is 1. The molecule has 2 rings (SSSR count). The molecule has 122 valence electrons. The number of halogens is 1. The van der Waals surface area contributed by atoms with Gasteiger partial charge in [0.2, 0.25) is 5.91 Å². The van der Waals surface area contributed by atoms with Crippen LogP contribution >= 0.6 is 11.6 Å². The first-order valence-corrected chi connectivity index (χ1v) is 7.75. The van der Waals surface area contributed by atoms with Gasteiger partial charge in [-0.1, -0.05) is 24.6 Å². The average Bonchev–Trinajstić information content (AvgIpc) is 2.55. The highest BCUT2D eigenvalue weighted by atomic mass is 35.5. The minimum atomic E-state index is -0.126. The Bertz CT molecular complexity index is 650. The first kappa shape index (κ1) is 17.2. The van der Waals surface area contributed by atoms with Crippen molar-refractivity contribution in [2.45, 2.75) is 13.5 Å². The third-order valence-corrected chi connectivity index (χ3v) is 3.55. The number of benzene rings is 1. The molecule has 0 aliphatic rings. The highest BCUT2D eigenvalue weighted by molar-refractivity contribution is 6.32. The molecule has 1 aromatic heterocycles. The van der Waals surface area contributed by atoms with Crippen LogP contribution in [0.15, 0.2) is 42.6 Å². The van der Waals surface area contributed by atoms with Crippen molar-refractivity contribution in [3.05, 3.63) is 53.3 Å². The minimum Gasteiger partial charge on any atom is -0.486 e. The van der Waals surface area contributed by atoms with Crippen molar-refractivity contribution in [1.82, 2.24) is 10.3 Å². The molecule has 0 spiro atoms. The second-order valence-corrected chi connectivity index (χ2v) is 5.61. The summed E-state index contributed by atoms with van der Waals surface area (Å²) in [6.07, 6.45) is 1.71. The molecule has 1 atom stereocenters. The van der Waals surface area contributed by atoms with Crippen LogP contribution in [-0.4, -0.2) is 24.5 Å². The van der Waals surface area contributed by atoms with E-state index in [1.54, 1.807) is 24.4 Å². The fraction of sp³-hybridized carbons (Fsp3) is 0.294. The lowest BCUT2D eigenvalue weighted by molar-refractivity contribution is -0.119. The largest absolute Gasteiger partial charge is 0.486 e. The third-order valence-electron chi connectivity index (χ3n) is 3.26. The quantitative estimate of drug-likeness (QED) is 0.817. The lowest BCUT2D eigenvalue weighted by Crippen LogP contribution is -2.28. The van der Waals surface area contributed by atoms with Crippen molar-refractivity contribution in [2.75, 3.05) is 18.9 Å². The van der Waals surface area contributed by atoms with Crippen molar-refractivity contribution in [2.24, 2.45) is 5.92 Å². The lowest BCUT2D eigenvalue weighted by Gasteiger charge is -2.13. The van der Waals surface area contributed by atoms with Gasteiger partial charge in [0.05, 0.1) is 10.7 Å². The maximum absolute atomic E-state index is 12.0. The van der Waals surface area contributed by atoms with E-state index in [2.05, 4.69) is 15.6 Å². The number of amides is 1. The molecule has 2 aromatic rings. The summed E-state index contributed by atoms with van der Waals surface area (Å²) in [6.45, 7) is 2.81. The molecule has 6 heteroatoms. The number of carbonyl (C=O) groups is 1. The summed E-state index contributed by atoms with van der Waals surface area (Å²) in [5.41, 5.74) is 1.47. The molecule has 5 nitrogen and oxygen atoms in total. The third kappa shape index (κ3) is 5.23. The van der Waals surface area contributed by atoms with Gasteiger partial charge < -0.3 is 15.4 Å². The summed E-state index contributed by atoms with van der Waals surface area (Å²) >= 11 is 6.21. The Morgan fingerprint density at radius 2 is 2.17 bits per heavy atom. The number of rotatable bonds is 7. The first-order valence-electron chi connectivity index (χ1n) is 7.38. The fourth-order valence-electron chi connectivity index (χ4n) is 2.00. The maximum atomic E-state index is 12.0. The number of nitrogens with zero attached hydrogens (tertiary/aromatic N) is 1. The molecule has 0 bridgehead atoms. The van der Waals surface area contributed by atoms with E-state index in [9.17, 15) is 4.79 Å². The topological polar surface area (TPSA) is 63.2 Å². The lowest BCUT2D eigenvalue weighted by atomic mass is 10.1. The van der Waals surface area contributed by atoms with Gasteiger partial charge in [-0.05, 0) is 37.4 Å². The Morgan fingerprint density at radius 3 is 2.83 bits per heavy atom. The standard InChI is InChI=1S/C17H20ClN3O2/c1-12(10-19-2)17(22)21-13-6-7-16(15(18)9-13)23-11-14-5-3-4-8-20-14/h3-9,12,19H,10-11H2,1-2H3,(H,21,22). The van der Waals surface area contributed by atoms with Gasteiger partial charge >= 0.3 is 0 Å². The van der Waals surface area contributed by atoms with E-state index in [-0.39, 0.29) is 11.8 Å². The molecular weight excluding hydrogens is 314 g/mol. The fourth-order valence-corrected chi connectivity index (χ4v) is 2.23. The number of ether oxygens (including phenoxy) is 1. The zero-order chi connectivity index (χ0) is 16.7. The zero-order valence-corrected chi connectivity index (χ0v) is 13.9. The van der Waals surface area contributed by atoms with Crippen LogP contribution in [0.2, 0.25) is 5.02 Å². The predicted molar refractivity (Wildman–Crippen MR) is 91.7 cm³/mol. The number of pyridine rings is 1. The van der Waals surface area contributed by atoms with Crippen LogP contribution in [0.1, 0.15) is 12.6 Å². The second kappa shape index (κ2) is 8.50. The van der Waals surface area contributed by atoms with Gasteiger partial charge in [-0.3, -0.25) is 9.78 Å². The maximum Gasteiger partial charge on any atom is 0.228 e. The minimum absolute atomic E-state index is 0.0578. The second-order valence-electron chi connectivity index (χ2n) is 5.20. The smallest absolute Gasteiger partial charge is 0.228 e. The zero-order valence-electron chi connectivity index (χ0n) is 13.2. The molecule has 1 amide bonds.